The van der Waals surface area contributed by atoms with Crippen LogP contribution in [-0.4, -0.2) is 39.7 Å². The molecule has 0 unspecified atom stereocenters. The van der Waals surface area contributed by atoms with Crippen LogP contribution in [0.5, 0.6) is 0 Å². The van der Waals surface area contributed by atoms with Crippen LogP contribution < -0.4 is 5.56 Å². The summed E-state index contributed by atoms with van der Waals surface area (Å²) < 4.78 is 46.8. The predicted molar refractivity (Wildman–Crippen MR) is 127 cm³/mol. The molecule has 1 amide bonds. The molecule has 10 heteroatoms. The molecule has 0 aliphatic carbocycles. The number of aromatic nitrogens is 2. The zero-order valence-corrected chi connectivity index (χ0v) is 21.5. The molecule has 0 aliphatic rings. The van der Waals surface area contributed by atoms with E-state index in [2.05, 4.69) is 4.98 Å². The molecule has 0 aliphatic heterocycles. The van der Waals surface area contributed by atoms with Crippen molar-refractivity contribution in [2.24, 2.45) is 5.41 Å². The molecule has 0 radical (unpaired) electrons. The lowest BCUT2D eigenvalue weighted by Crippen LogP contribution is -2.34. The van der Waals surface area contributed by atoms with Crippen LogP contribution in [0, 0.1) is 5.41 Å². The van der Waals surface area contributed by atoms with Gasteiger partial charge in [0.05, 0.1) is 21.5 Å². The van der Waals surface area contributed by atoms with Crippen LogP contribution in [0.2, 0.25) is 5.02 Å². The molecule has 0 fully saturated rings. The van der Waals surface area contributed by atoms with Crippen LogP contribution in [0.1, 0.15) is 65.8 Å². The first-order chi connectivity index (χ1) is 15.4. The zero-order valence-electron chi connectivity index (χ0n) is 20.8. The van der Waals surface area contributed by atoms with Crippen LogP contribution in [0.4, 0.5) is 18.0 Å². The number of ether oxygens (including phenoxy) is 1. The van der Waals surface area contributed by atoms with Gasteiger partial charge < -0.3 is 9.64 Å². The van der Waals surface area contributed by atoms with E-state index in [0.717, 1.165) is 12.1 Å². The van der Waals surface area contributed by atoms with Gasteiger partial charge in [0.25, 0.3) is 5.56 Å². The smallest absolute Gasteiger partial charge is 0.417 e. The second-order valence-corrected chi connectivity index (χ2v) is 11.1. The Morgan fingerprint density at radius 3 is 2.26 bits per heavy atom. The number of aryl methyl sites for hydroxylation is 1. The minimum absolute atomic E-state index is 0.116. The van der Waals surface area contributed by atoms with Crippen molar-refractivity contribution in [3.8, 4) is 0 Å². The fourth-order valence-corrected chi connectivity index (χ4v) is 3.66. The van der Waals surface area contributed by atoms with E-state index in [1.165, 1.54) is 9.47 Å². The van der Waals surface area contributed by atoms with E-state index in [1.807, 2.05) is 20.8 Å². The number of rotatable bonds is 6. The molecule has 1 aromatic heterocycles. The molecule has 2 aromatic rings. The summed E-state index contributed by atoms with van der Waals surface area (Å²) in [6.07, 6.45) is -3.43. The van der Waals surface area contributed by atoms with Gasteiger partial charge in [0.15, 0.2) is 0 Å². The number of unbranched alkanes of at least 4 members (excludes halogenated alkanes) is 1. The van der Waals surface area contributed by atoms with Crippen LogP contribution in [-0.2, 0) is 23.9 Å². The van der Waals surface area contributed by atoms with Crippen molar-refractivity contribution >= 4 is 28.6 Å². The predicted octanol–water partition coefficient (Wildman–Crippen LogP) is 6.30. The fraction of sp³-hybridized carbons (Fsp3) is 0.625. The zero-order chi connectivity index (χ0) is 26.1. The summed E-state index contributed by atoms with van der Waals surface area (Å²) in [6.45, 7) is 11.9. The Kier molecular flexibility index (Phi) is 8.33. The number of carbonyl (C=O) groups excluding carboxylic acids is 1. The highest BCUT2D eigenvalue weighted by atomic mass is 35.5. The number of hydrogen-bond acceptors (Lipinski definition) is 4. The number of nitrogens with zero attached hydrogens (tertiary/aromatic N) is 3. The third-order valence-electron chi connectivity index (χ3n) is 4.91. The quantitative estimate of drug-likeness (QED) is 0.434. The fourth-order valence-electron chi connectivity index (χ4n) is 3.40. The molecule has 0 spiro atoms. The standard InChI is InChI=1S/C24H33ClF3N3O3/c1-22(2,3)14-31-19(10-8-9-11-30(7)21(33)34-23(4,5)6)29-18-13-17(25)16(24(26,27)28)12-15(18)20(31)32/h12-13H,8-11,14H2,1-7H3. The van der Waals surface area contributed by atoms with E-state index in [0.29, 0.717) is 38.2 Å². The first-order valence-electron chi connectivity index (χ1n) is 11.1. The molecular formula is C24H33ClF3N3O3. The van der Waals surface area contributed by atoms with Crippen molar-refractivity contribution in [1.29, 1.82) is 0 Å². The maximum absolute atomic E-state index is 13.3. The Morgan fingerprint density at radius 1 is 1.12 bits per heavy atom. The number of alkyl halides is 3. The van der Waals surface area contributed by atoms with Gasteiger partial charge in [0.1, 0.15) is 11.4 Å². The van der Waals surface area contributed by atoms with Crippen LogP contribution >= 0.6 is 11.6 Å². The number of fused-ring (bicyclic) bond motifs is 1. The van der Waals surface area contributed by atoms with E-state index in [9.17, 15) is 22.8 Å². The van der Waals surface area contributed by atoms with Crippen molar-refractivity contribution in [2.45, 2.75) is 79.1 Å². The van der Waals surface area contributed by atoms with Gasteiger partial charge in [0, 0.05) is 26.6 Å². The van der Waals surface area contributed by atoms with Gasteiger partial charge in [-0.2, -0.15) is 13.2 Å². The Balaban J connectivity index is 2.31. The van der Waals surface area contributed by atoms with Crippen LogP contribution in [0.3, 0.4) is 0 Å². The van der Waals surface area contributed by atoms with Crippen LogP contribution in [0.25, 0.3) is 10.9 Å². The maximum atomic E-state index is 13.3. The molecule has 0 atom stereocenters. The summed E-state index contributed by atoms with van der Waals surface area (Å²) in [5.74, 6) is 0.475. The summed E-state index contributed by atoms with van der Waals surface area (Å²) in [7, 11) is 1.65. The van der Waals surface area contributed by atoms with Crippen molar-refractivity contribution < 1.29 is 22.7 Å². The summed E-state index contributed by atoms with van der Waals surface area (Å²) in [4.78, 5) is 31.3. The molecule has 190 valence electrons. The monoisotopic (exact) mass is 503 g/mol. The number of carbonyl (C=O) groups is 1. The summed E-state index contributed by atoms with van der Waals surface area (Å²) in [6, 6.07) is 1.88. The minimum Gasteiger partial charge on any atom is -0.444 e. The Hall–Kier alpha value is -2.29. The molecule has 1 aromatic carbocycles. The topological polar surface area (TPSA) is 64.4 Å². The molecule has 1 heterocycles. The molecular weight excluding hydrogens is 471 g/mol. The van der Waals surface area contributed by atoms with Gasteiger partial charge in [-0.1, -0.05) is 32.4 Å². The molecule has 0 saturated heterocycles. The van der Waals surface area contributed by atoms with Gasteiger partial charge in [-0.3, -0.25) is 9.36 Å². The molecule has 2 rings (SSSR count). The van der Waals surface area contributed by atoms with Crippen molar-refractivity contribution in [3.05, 3.63) is 38.9 Å². The number of benzene rings is 1. The van der Waals surface area contributed by atoms with E-state index in [4.69, 9.17) is 16.3 Å². The van der Waals surface area contributed by atoms with Gasteiger partial charge in [-0.15, -0.1) is 0 Å². The number of hydrogen-bond donors (Lipinski definition) is 0. The highest BCUT2D eigenvalue weighted by Crippen LogP contribution is 2.36. The molecule has 0 N–H and O–H groups in total. The largest absolute Gasteiger partial charge is 0.444 e. The Bertz CT molecular complexity index is 1100. The van der Waals surface area contributed by atoms with Crippen molar-refractivity contribution in [2.75, 3.05) is 13.6 Å². The normalized spacial score (nSPS) is 12.8. The van der Waals surface area contributed by atoms with Gasteiger partial charge in [-0.25, -0.2) is 9.78 Å². The van der Waals surface area contributed by atoms with Gasteiger partial charge >= 0.3 is 12.3 Å². The average Bonchev–Trinajstić information content (AvgIpc) is 2.64. The van der Waals surface area contributed by atoms with E-state index >= 15 is 0 Å². The first kappa shape index (κ1) is 28.0. The summed E-state index contributed by atoms with van der Waals surface area (Å²) in [5, 5.41) is -0.611. The third kappa shape index (κ3) is 7.61. The highest BCUT2D eigenvalue weighted by Gasteiger charge is 2.34. The number of halogens is 4. The minimum atomic E-state index is -4.68. The molecule has 34 heavy (non-hydrogen) atoms. The summed E-state index contributed by atoms with van der Waals surface area (Å²) in [5.41, 5.74) is -2.33. The lowest BCUT2D eigenvalue weighted by Gasteiger charge is -2.25. The van der Waals surface area contributed by atoms with E-state index in [-0.39, 0.29) is 16.3 Å². The van der Waals surface area contributed by atoms with E-state index < -0.39 is 34.0 Å². The van der Waals surface area contributed by atoms with Crippen molar-refractivity contribution in [1.82, 2.24) is 14.5 Å². The van der Waals surface area contributed by atoms with Gasteiger partial charge in [0.2, 0.25) is 0 Å². The molecule has 0 saturated carbocycles. The highest BCUT2D eigenvalue weighted by molar-refractivity contribution is 6.32. The van der Waals surface area contributed by atoms with Crippen LogP contribution in [0.15, 0.2) is 16.9 Å². The maximum Gasteiger partial charge on any atom is 0.417 e. The number of amides is 1. The molecule has 6 nitrogen and oxygen atoms in total. The van der Waals surface area contributed by atoms with Crippen molar-refractivity contribution in [3.63, 3.8) is 0 Å². The second kappa shape index (κ2) is 10.1. The first-order valence-corrected chi connectivity index (χ1v) is 11.5. The Labute approximate surface area is 203 Å². The average molecular weight is 504 g/mol. The lowest BCUT2D eigenvalue weighted by molar-refractivity contribution is -0.137. The van der Waals surface area contributed by atoms with E-state index in [1.54, 1.807) is 27.8 Å². The Morgan fingerprint density at radius 2 is 1.74 bits per heavy atom. The SMILES string of the molecule is CN(CCCCc1nc2cc(Cl)c(C(F)(F)F)cc2c(=O)n1CC(C)(C)C)C(=O)OC(C)(C)C. The van der Waals surface area contributed by atoms with Gasteiger partial charge in [-0.05, 0) is 51.2 Å². The lowest BCUT2D eigenvalue weighted by atomic mass is 9.96. The molecule has 0 bridgehead atoms. The summed E-state index contributed by atoms with van der Waals surface area (Å²) >= 11 is 5.86. The third-order valence-corrected chi connectivity index (χ3v) is 5.22. The second-order valence-electron chi connectivity index (χ2n) is 10.7.